The lowest BCUT2D eigenvalue weighted by atomic mass is 10.1. The summed E-state index contributed by atoms with van der Waals surface area (Å²) in [5, 5.41) is 31.5. The zero-order valence-electron chi connectivity index (χ0n) is 14.8. The quantitative estimate of drug-likeness (QED) is 0.0919. The number of nitrogens with zero attached hydrogens (tertiary/aromatic N) is 1. The molecular weight excluding hydrogens is 364 g/mol. The van der Waals surface area contributed by atoms with Gasteiger partial charge in [-0.15, -0.1) is 0 Å². The van der Waals surface area contributed by atoms with Gasteiger partial charge < -0.3 is 43.2 Å². The molecule has 0 spiro atoms. The fourth-order valence-electron chi connectivity index (χ4n) is 1.97. The van der Waals surface area contributed by atoms with Crippen molar-refractivity contribution in [2.75, 3.05) is 6.54 Å². The van der Waals surface area contributed by atoms with Gasteiger partial charge in [-0.3, -0.25) is 19.4 Å². The topological polar surface area (TPSA) is 243 Å². The second-order valence-electron chi connectivity index (χ2n) is 5.78. The average molecular weight is 390 g/mol. The van der Waals surface area contributed by atoms with Gasteiger partial charge in [-0.1, -0.05) is 0 Å². The van der Waals surface area contributed by atoms with E-state index >= 15 is 0 Å². The molecule has 4 atom stereocenters. The van der Waals surface area contributed by atoms with Crippen LogP contribution in [-0.2, 0) is 19.2 Å². The molecule has 0 aromatic carbocycles. The number of aliphatic imine (C=N–C) groups is 1. The molecule has 13 nitrogen and oxygen atoms in total. The third-order valence-electron chi connectivity index (χ3n) is 3.36. The monoisotopic (exact) mass is 390 g/mol. The van der Waals surface area contributed by atoms with E-state index in [-0.39, 0.29) is 25.3 Å². The van der Waals surface area contributed by atoms with Gasteiger partial charge in [-0.25, -0.2) is 4.79 Å². The summed E-state index contributed by atoms with van der Waals surface area (Å²) in [5.41, 5.74) is 15.8. The van der Waals surface area contributed by atoms with Crippen LogP contribution in [0, 0.1) is 0 Å². The molecule has 0 rings (SSSR count). The summed E-state index contributed by atoms with van der Waals surface area (Å²) in [4.78, 5) is 49.7. The summed E-state index contributed by atoms with van der Waals surface area (Å²) in [6.07, 6.45) is -1.78. The van der Waals surface area contributed by atoms with Gasteiger partial charge in [0.25, 0.3) is 0 Å². The Morgan fingerprint density at radius 2 is 1.67 bits per heavy atom. The second kappa shape index (κ2) is 11.6. The first-order valence-electron chi connectivity index (χ1n) is 8.00. The molecule has 0 heterocycles. The minimum absolute atomic E-state index is 0.0142. The summed E-state index contributed by atoms with van der Waals surface area (Å²) in [7, 11) is 0. The molecule has 0 saturated heterocycles. The number of guanidine groups is 1. The number of carboxylic acid groups (broad SMARTS) is 2. The summed E-state index contributed by atoms with van der Waals surface area (Å²) in [5.74, 6) is -4.71. The Labute approximate surface area is 155 Å². The molecular formula is C14H26N6O7. The first-order chi connectivity index (χ1) is 12.5. The molecule has 2 amide bonds. The lowest BCUT2D eigenvalue weighted by Crippen LogP contribution is -2.56. The van der Waals surface area contributed by atoms with Crippen LogP contribution in [0.15, 0.2) is 4.99 Å². The smallest absolute Gasteiger partial charge is 0.328 e. The number of carbonyl (C=O) groups is 4. The fourth-order valence-corrected chi connectivity index (χ4v) is 1.97. The van der Waals surface area contributed by atoms with Crippen molar-refractivity contribution in [2.24, 2.45) is 22.2 Å². The van der Waals surface area contributed by atoms with Crippen LogP contribution in [0.4, 0.5) is 0 Å². The SMILES string of the molecule is C[C@@H](O)[C@H](NC(=O)[C@H](CCCN=C(N)N)NC(=O)[C@@H](N)CC(=O)O)C(=O)O. The van der Waals surface area contributed by atoms with E-state index in [0.717, 1.165) is 0 Å². The highest BCUT2D eigenvalue weighted by molar-refractivity contribution is 5.93. The number of aliphatic carboxylic acids is 2. The Morgan fingerprint density at radius 3 is 2.11 bits per heavy atom. The number of hydrogen-bond donors (Lipinski definition) is 8. The molecule has 0 radical (unpaired) electrons. The number of amides is 2. The van der Waals surface area contributed by atoms with Crippen LogP contribution in [0.5, 0.6) is 0 Å². The summed E-state index contributed by atoms with van der Waals surface area (Å²) < 4.78 is 0. The summed E-state index contributed by atoms with van der Waals surface area (Å²) in [6.45, 7) is 1.32. The zero-order valence-corrected chi connectivity index (χ0v) is 14.8. The number of carboxylic acids is 2. The minimum Gasteiger partial charge on any atom is -0.481 e. The van der Waals surface area contributed by atoms with Gasteiger partial charge in [-0.2, -0.15) is 0 Å². The van der Waals surface area contributed by atoms with Crippen molar-refractivity contribution in [3.05, 3.63) is 0 Å². The van der Waals surface area contributed by atoms with Crippen LogP contribution < -0.4 is 27.8 Å². The average Bonchev–Trinajstić information content (AvgIpc) is 2.53. The molecule has 154 valence electrons. The van der Waals surface area contributed by atoms with Crippen molar-refractivity contribution < 1.29 is 34.5 Å². The largest absolute Gasteiger partial charge is 0.481 e. The lowest BCUT2D eigenvalue weighted by molar-refractivity contribution is -0.145. The van der Waals surface area contributed by atoms with Crippen LogP contribution in [0.3, 0.4) is 0 Å². The van der Waals surface area contributed by atoms with E-state index in [4.69, 9.17) is 27.4 Å². The summed E-state index contributed by atoms with van der Waals surface area (Å²) >= 11 is 0. The maximum atomic E-state index is 12.3. The van der Waals surface area contributed by atoms with E-state index in [1.807, 2.05) is 0 Å². The Balaban J connectivity index is 5.12. The summed E-state index contributed by atoms with van der Waals surface area (Å²) in [6, 6.07) is -4.23. The molecule has 0 saturated carbocycles. The predicted molar refractivity (Wildman–Crippen MR) is 93.3 cm³/mol. The highest BCUT2D eigenvalue weighted by atomic mass is 16.4. The van der Waals surface area contributed by atoms with Gasteiger partial charge >= 0.3 is 11.9 Å². The number of rotatable bonds is 12. The van der Waals surface area contributed by atoms with Gasteiger partial charge in [0.15, 0.2) is 12.0 Å². The van der Waals surface area contributed by atoms with E-state index in [1.54, 1.807) is 0 Å². The number of aliphatic hydroxyl groups excluding tert-OH is 1. The van der Waals surface area contributed by atoms with Crippen LogP contribution in [0.2, 0.25) is 0 Å². The Hall–Kier alpha value is -2.93. The number of carbonyl (C=O) groups excluding carboxylic acids is 2. The standard InChI is InChI=1S/C14H26N6O7/c1-6(21)10(13(26)27)20-12(25)8(3-2-4-18-14(16)17)19-11(24)7(15)5-9(22)23/h6-8,10,21H,2-5,15H2,1H3,(H,19,24)(H,20,25)(H,22,23)(H,26,27)(H4,16,17,18)/t6-,7+,8+,10+/m1/s1. The Kier molecular flexibility index (Phi) is 10.4. The molecule has 0 aliphatic heterocycles. The molecule has 0 unspecified atom stereocenters. The molecule has 0 bridgehead atoms. The lowest BCUT2D eigenvalue weighted by Gasteiger charge is -2.23. The van der Waals surface area contributed by atoms with Gasteiger partial charge in [-0.05, 0) is 19.8 Å². The minimum atomic E-state index is -1.60. The molecule has 0 aromatic heterocycles. The van der Waals surface area contributed by atoms with E-state index in [0.29, 0.717) is 0 Å². The van der Waals surface area contributed by atoms with E-state index < -0.39 is 54.4 Å². The molecule has 0 aliphatic rings. The maximum absolute atomic E-state index is 12.3. The third-order valence-corrected chi connectivity index (χ3v) is 3.36. The van der Waals surface area contributed by atoms with E-state index in [9.17, 15) is 24.3 Å². The van der Waals surface area contributed by atoms with Crippen molar-refractivity contribution in [2.45, 2.75) is 50.4 Å². The Bertz CT molecular complexity index is 576. The number of nitrogens with two attached hydrogens (primary N) is 3. The van der Waals surface area contributed by atoms with Crippen molar-refractivity contribution in [1.82, 2.24) is 10.6 Å². The highest BCUT2D eigenvalue weighted by Crippen LogP contribution is 2.03. The number of aliphatic hydroxyl groups is 1. The van der Waals surface area contributed by atoms with Crippen molar-refractivity contribution in [1.29, 1.82) is 0 Å². The van der Waals surface area contributed by atoms with Crippen LogP contribution in [-0.4, -0.2) is 75.8 Å². The van der Waals surface area contributed by atoms with E-state index in [2.05, 4.69) is 15.6 Å². The van der Waals surface area contributed by atoms with Crippen molar-refractivity contribution >= 4 is 29.7 Å². The van der Waals surface area contributed by atoms with Gasteiger partial charge in [0.2, 0.25) is 11.8 Å². The molecule has 11 N–H and O–H groups in total. The van der Waals surface area contributed by atoms with Crippen molar-refractivity contribution in [3.63, 3.8) is 0 Å². The van der Waals surface area contributed by atoms with Gasteiger partial charge in [0.05, 0.1) is 18.6 Å². The number of nitrogens with one attached hydrogen (secondary N) is 2. The first kappa shape index (κ1) is 24.1. The van der Waals surface area contributed by atoms with Crippen LogP contribution >= 0.6 is 0 Å². The first-order valence-corrected chi connectivity index (χ1v) is 8.00. The second-order valence-corrected chi connectivity index (χ2v) is 5.78. The predicted octanol–water partition coefficient (Wildman–Crippen LogP) is -3.72. The van der Waals surface area contributed by atoms with Crippen LogP contribution in [0.1, 0.15) is 26.2 Å². The van der Waals surface area contributed by atoms with Gasteiger partial charge in [0.1, 0.15) is 6.04 Å². The number of hydrogen-bond acceptors (Lipinski definition) is 7. The van der Waals surface area contributed by atoms with Crippen molar-refractivity contribution in [3.8, 4) is 0 Å². The molecule has 0 fully saturated rings. The maximum Gasteiger partial charge on any atom is 0.328 e. The fraction of sp³-hybridized carbons (Fsp3) is 0.643. The Morgan fingerprint density at radius 1 is 1.07 bits per heavy atom. The zero-order chi connectivity index (χ0) is 21.1. The molecule has 27 heavy (non-hydrogen) atoms. The normalized spacial score (nSPS) is 14.9. The van der Waals surface area contributed by atoms with Gasteiger partial charge in [0, 0.05) is 6.54 Å². The molecule has 0 aliphatic carbocycles. The third kappa shape index (κ3) is 9.96. The molecule has 0 aromatic rings. The highest BCUT2D eigenvalue weighted by Gasteiger charge is 2.30. The van der Waals surface area contributed by atoms with Crippen LogP contribution in [0.25, 0.3) is 0 Å². The van der Waals surface area contributed by atoms with E-state index in [1.165, 1.54) is 6.92 Å². The molecule has 13 heteroatoms.